The monoisotopic (exact) mass is 328 g/mol. The third-order valence-electron chi connectivity index (χ3n) is 3.00. The van der Waals surface area contributed by atoms with Gasteiger partial charge in [-0.2, -0.15) is 0 Å². The Bertz CT molecular complexity index is 615. The number of anilines is 2. The van der Waals surface area contributed by atoms with Gasteiger partial charge in [-0.05, 0) is 44.5 Å². The van der Waals surface area contributed by atoms with Crippen molar-refractivity contribution in [3.63, 3.8) is 0 Å². The highest BCUT2D eigenvalue weighted by Gasteiger charge is 2.14. The van der Waals surface area contributed by atoms with E-state index in [1.54, 1.807) is 12.1 Å². The molecule has 0 fully saturated rings. The third kappa shape index (κ3) is 4.09. The number of nitrogens with one attached hydrogen (secondary N) is 2. The van der Waals surface area contributed by atoms with Crippen LogP contribution in [0.15, 0.2) is 16.5 Å². The molecule has 1 aromatic heterocycles. The number of rotatable bonds is 6. The average molecular weight is 329 g/mol. The Hall–Kier alpha value is -1.30. The van der Waals surface area contributed by atoms with E-state index in [0.717, 1.165) is 18.5 Å². The minimum atomic E-state index is 0.00470. The number of nitrogens with zero attached hydrogens (tertiary/aromatic N) is 2. The van der Waals surface area contributed by atoms with Gasteiger partial charge in [-0.1, -0.05) is 35.2 Å². The van der Waals surface area contributed by atoms with Crippen molar-refractivity contribution < 1.29 is 4.42 Å². The van der Waals surface area contributed by atoms with Crippen molar-refractivity contribution in [2.75, 3.05) is 11.9 Å². The Morgan fingerprint density at radius 1 is 1.24 bits per heavy atom. The first kappa shape index (κ1) is 16.1. The first-order valence-electron chi connectivity index (χ1n) is 6.80. The maximum absolute atomic E-state index is 6.17. The average Bonchev–Trinajstić information content (AvgIpc) is 2.91. The van der Waals surface area contributed by atoms with Gasteiger partial charge in [0.25, 0.3) is 0 Å². The van der Waals surface area contributed by atoms with Crippen molar-refractivity contribution in [1.82, 2.24) is 15.5 Å². The fraction of sp³-hybridized carbons (Fsp3) is 0.429. The van der Waals surface area contributed by atoms with E-state index in [1.807, 2.05) is 13.8 Å². The molecule has 1 atom stereocenters. The first-order chi connectivity index (χ1) is 10.0. The summed E-state index contributed by atoms with van der Waals surface area (Å²) in [6.07, 6.45) is 1.04. The van der Waals surface area contributed by atoms with Gasteiger partial charge in [0.05, 0.1) is 16.8 Å². The first-order valence-corrected chi connectivity index (χ1v) is 7.56. The third-order valence-corrected chi connectivity index (χ3v) is 3.72. The predicted octanol–water partition coefficient (Wildman–Crippen LogP) is 4.49. The Labute approximate surface area is 134 Å². The second-order valence-electron chi connectivity index (χ2n) is 4.83. The maximum Gasteiger partial charge on any atom is 0.320 e. The molecule has 0 amide bonds. The molecule has 0 saturated heterocycles. The summed E-state index contributed by atoms with van der Waals surface area (Å²) in [6.45, 7) is 6.86. The highest BCUT2D eigenvalue weighted by atomic mass is 35.5. The van der Waals surface area contributed by atoms with Crippen molar-refractivity contribution in [2.45, 2.75) is 33.2 Å². The van der Waals surface area contributed by atoms with Crippen LogP contribution in [0.1, 0.15) is 37.8 Å². The van der Waals surface area contributed by atoms with Gasteiger partial charge in [0.2, 0.25) is 5.89 Å². The van der Waals surface area contributed by atoms with Crippen molar-refractivity contribution in [1.29, 1.82) is 0 Å². The summed E-state index contributed by atoms with van der Waals surface area (Å²) in [5.74, 6) is 0.528. The van der Waals surface area contributed by atoms with Gasteiger partial charge in [0.15, 0.2) is 0 Å². The Morgan fingerprint density at radius 2 is 2.00 bits per heavy atom. The Balaban J connectivity index is 2.11. The van der Waals surface area contributed by atoms with Crippen LogP contribution in [0, 0.1) is 6.92 Å². The van der Waals surface area contributed by atoms with Gasteiger partial charge >= 0.3 is 6.01 Å². The van der Waals surface area contributed by atoms with Crippen LogP contribution >= 0.6 is 23.2 Å². The van der Waals surface area contributed by atoms with E-state index in [1.165, 1.54) is 0 Å². The standard InChI is InChI=1S/C14H18Cl2N4O/c1-4-5-17-9(3)13-19-20-14(21-13)18-12-7-10(15)8(2)6-11(12)16/h6-7,9,17H,4-5H2,1-3H3,(H,18,20). The minimum absolute atomic E-state index is 0.00470. The van der Waals surface area contributed by atoms with E-state index in [0.29, 0.717) is 21.6 Å². The molecule has 0 aliphatic carbocycles. The summed E-state index contributed by atoms with van der Waals surface area (Å²) < 4.78 is 5.57. The number of aryl methyl sites for hydroxylation is 1. The number of hydrogen-bond donors (Lipinski definition) is 2. The van der Waals surface area contributed by atoms with Gasteiger partial charge in [-0.15, -0.1) is 5.10 Å². The fourth-order valence-corrected chi connectivity index (χ4v) is 2.19. The second-order valence-corrected chi connectivity index (χ2v) is 5.64. The maximum atomic E-state index is 6.17. The molecule has 0 radical (unpaired) electrons. The highest BCUT2D eigenvalue weighted by molar-refractivity contribution is 6.35. The molecule has 2 aromatic rings. The van der Waals surface area contributed by atoms with Crippen molar-refractivity contribution in [3.05, 3.63) is 33.6 Å². The molecule has 1 aromatic carbocycles. The lowest BCUT2D eigenvalue weighted by atomic mass is 10.2. The minimum Gasteiger partial charge on any atom is -0.406 e. The summed E-state index contributed by atoms with van der Waals surface area (Å²) >= 11 is 12.3. The molecule has 5 nitrogen and oxygen atoms in total. The number of aromatic nitrogens is 2. The van der Waals surface area contributed by atoms with Crippen LogP contribution in [-0.2, 0) is 0 Å². The molecular formula is C14H18Cl2N4O. The van der Waals surface area contributed by atoms with Crippen LogP contribution in [0.3, 0.4) is 0 Å². The zero-order chi connectivity index (χ0) is 15.4. The SMILES string of the molecule is CCCNC(C)c1nnc(Nc2cc(Cl)c(C)cc2Cl)o1. The van der Waals surface area contributed by atoms with E-state index in [9.17, 15) is 0 Å². The molecule has 2 N–H and O–H groups in total. The summed E-state index contributed by atoms with van der Waals surface area (Å²) in [4.78, 5) is 0. The molecule has 0 bridgehead atoms. The molecule has 21 heavy (non-hydrogen) atoms. The van der Waals surface area contributed by atoms with E-state index in [4.69, 9.17) is 27.6 Å². The largest absolute Gasteiger partial charge is 0.406 e. The van der Waals surface area contributed by atoms with Crippen LogP contribution in [0.4, 0.5) is 11.7 Å². The van der Waals surface area contributed by atoms with Gasteiger partial charge in [0, 0.05) is 5.02 Å². The van der Waals surface area contributed by atoms with Crippen molar-refractivity contribution >= 4 is 34.9 Å². The molecule has 1 heterocycles. The summed E-state index contributed by atoms with van der Waals surface area (Å²) in [7, 11) is 0. The summed E-state index contributed by atoms with van der Waals surface area (Å²) in [5, 5.41) is 15.4. The van der Waals surface area contributed by atoms with Gasteiger partial charge < -0.3 is 15.1 Å². The smallest absolute Gasteiger partial charge is 0.320 e. The van der Waals surface area contributed by atoms with Gasteiger partial charge in [0.1, 0.15) is 0 Å². The predicted molar refractivity (Wildman–Crippen MR) is 85.5 cm³/mol. The molecule has 0 aliphatic rings. The lowest BCUT2D eigenvalue weighted by molar-refractivity contribution is 0.424. The zero-order valence-corrected chi connectivity index (χ0v) is 13.7. The molecular weight excluding hydrogens is 311 g/mol. The number of benzene rings is 1. The quantitative estimate of drug-likeness (QED) is 0.817. The molecule has 1 unspecified atom stereocenters. The van der Waals surface area contributed by atoms with Crippen LogP contribution in [0.2, 0.25) is 10.0 Å². The molecule has 0 saturated carbocycles. The molecule has 0 spiro atoms. The molecule has 114 valence electrons. The molecule has 2 rings (SSSR count). The summed E-state index contributed by atoms with van der Waals surface area (Å²) in [6, 6.07) is 3.82. The topological polar surface area (TPSA) is 63.0 Å². The highest BCUT2D eigenvalue weighted by Crippen LogP contribution is 2.31. The van der Waals surface area contributed by atoms with Crippen molar-refractivity contribution in [3.8, 4) is 0 Å². The zero-order valence-electron chi connectivity index (χ0n) is 12.2. The number of halogens is 2. The van der Waals surface area contributed by atoms with E-state index >= 15 is 0 Å². The Kier molecular flexibility index (Phi) is 5.45. The second kappa shape index (κ2) is 7.11. The lowest BCUT2D eigenvalue weighted by Crippen LogP contribution is -2.19. The summed E-state index contributed by atoms with van der Waals surface area (Å²) in [5.41, 5.74) is 1.55. The number of hydrogen-bond acceptors (Lipinski definition) is 5. The molecule has 7 heteroatoms. The van der Waals surface area contributed by atoms with Crippen LogP contribution in [-0.4, -0.2) is 16.7 Å². The van der Waals surface area contributed by atoms with Crippen LogP contribution in [0.5, 0.6) is 0 Å². The molecule has 0 aliphatic heterocycles. The van der Waals surface area contributed by atoms with E-state index in [-0.39, 0.29) is 12.1 Å². The van der Waals surface area contributed by atoms with E-state index < -0.39 is 0 Å². The van der Waals surface area contributed by atoms with Gasteiger partial charge in [-0.3, -0.25) is 0 Å². The van der Waals surface area contributed by atoms with Crippen LogP contribution in [0.25, 0.3) is 0 Å². The van der Waals surface area contributed by atoms with Crippen molar-refractivity contribution in [2.24, 2.45) is 0 Å². The van der Waals surface area contributed by atoms with Gasteiger partial charge in [-0.25, -0.2) is 0 Å². The fourth-order valence-electron chi connectivity index (χ4n) is 1.77. The van der Waals surface area contributed by atoms with E-state index in [2.05, 4.69) is 27.8 Å². The lowest BCUT2D eigenvalue weighted by Gasteiger charge is -2.08. The van der Waals surface area contributed by atoms with Crippen LogP contribution < -0.4 is 10.6 Å². The normalized spacial score (nSPS) is 12.4. The Morgan fingerprint density at radius 3 is 2.71 bits per heavy atom.